The number of nitrogens with one attached hydrogen (secondary N) is 1. The fraction of sp³-hybridized carbons (Fsp3) is 0.0714. The first kappa shape index (κ1) is 13.7. The summed E-state index contributed by atoms with van der Waals surface area (Å²) in [6.45, 7) is 0. The molecular weight excluding hydrogens is 283 g/mol. The van der Waals surface area contributed by atoms with Crippen molar-refractivity contribution in [2.45, 2.75) is 0 Å². The van der Waals surface area contributed by atoms with E-state index in [0.29, 0.717) is 15.7 Å². The van der Waals surface area contributed by atoms with Crippen LogP contribution >= 0.6 is 23.2 Å². The van der Waals surface area contributed by atoms with Crippen LogP contribution < -0.4 is 10.2 Å². The normalized spacial score (nSPS) is 10.1. The lowest BCUT2D eigenvalue weighted by molar-refractivity contribution is 0.258. The fourth-order valence-corrected chi connectivity index (χ4v) is 2.13. The first-order chi connectivity index (χ1) is 9.06. The third-order valence-corrected chi connectivity index (χ3v) is 3.00. The molecule has 1 N–H and O–H groups in total. The van der Waals surface area contributed by atoms with E-state index in [4.69, 9.17) is 23.2 Å². The minimum atomic E-state index is -0.260. The average Bonchev–Trinajstić information content (AvgIpc) is 2.37. The largest absolute Gasteiger partial charge is 0.326 e. The Morgan fingerprint density at radius 1 is 1.05 bits per heavy atom. The van der Waals surface area contributed by atoms with E-state index in [9.17, 15) is 4.79 Å². The number of rotatable bonds is 2. The smallest absolute Gasteiger partial charge is 0.307 e. The predicted octanol–water partition coefficient (Wildman–Crippen LogP) is 4.66. The van der Waals surface area contributed by atoms with Gasteiger partial charge in [0.25, 0.3) is 0 Å². The zero-order valence-electron chi connectivity index (χ0n) is 10.2. The molecule has 0 heterocycles. The van der Waals surface area contributed by atoms with Crippen molar-refractivity contribution in [1.29, 1.82) is 0 Å². The van der Waals surface area contributed by atoms with Gasteiger partial charge in [0.1, 0.15) is 0 Å². The van der Waals surface area contributed by atoms with Gasteiger partial charge in [0.15, 0.2) is 0 Å². The zero-order valence-corrected chi connectivity index (χ0v) is 11.7. The van der Waals surface area contributed by atoms with Crippen LogP contribution in [-0.4, -0.2) is 13.1 Å². The maximum absolute atomic E-state index is 12.1. The van der Waals surface area contributed by atoms with Crippen LogP contribution in [0.15, 0.2) is 48.5 Å². The van der Waals surface area contributed by atoms with Crippen molar-refractivity contribution < 1.29 is 4.79 Å². The number of carbonyl (C=O) groups is 1. The van der Waals surface area contributed by atoms with Crippen molar-refractivity contribution in [2.24, 2.45) is 0 Å². The Labute approximate surface area is 121 Å². The van der Waals surface area contributed by atoms with Crippen molar-refractivity contribution in [1.82, 2.24) is 0 Å². The summed E-state index contributed by atoms with van der Waals surface area (Å²) in [4.78, 5) is 13.6. The molecule has 98 valence electrons. The molecule has 2 rings (SSSR count). The molecule has 0 aliphatic carbocycles. The molecule has 0 atom stereocenters. The van der Waals surface area contributed by atoms with Crippen molar-refractivity contribution in [2.75, 3.05) is 17.3 Å². The summed E-state index contributed by atoms with van der Waals surface area (Å²) in [6.07, 6.45) is 0. The van der Waals surface area contributed by atoms with Crippen LogP contribution in [0.3, 0.4) is 0 Å². The van der Waals surface area contributed by atoms with Gasteiger partial charge in [-0.3, -0.25) is 4.90 Å². The molecule has 3 nitrogen and oxygen atoms in total. The Morgan fingerprint density at radius 2 is 1.63 bits per heavy atom. The van der Waals surface area contributed by atoms with E-state index in [2.05, 4.69) is 5.32 Å². The van der Waals surface area contributed by atoms with Crippen molar-refractivity contribution in [3.8, 4) is 0 Å². The highest BCUT2D eigenvalue weighted by Gasteiger charge is 2.11. The minimum Gasteiger partial charge on any atom is -0.307 e. The summed E-state index contributed by atoms with van der Waals surface area (Å²) in [6, 6.07) is 14.0. The van der Waals surface area contributed by atoms with Crippen LogP contribution in [0.25, 0.3) is 0 Å². The number of hydrogen-bond acceptors (Lipinski definition) is 1. The third-order valence-electron chi connectivity index (χ3n) is 2.56. The van der Waals surface area contributed by atoms with Gasteiger partial charge in [0, 0.05) is 28.5 Å². The summed E-state index contributed by atoms with van der Waals surface area (Å²) in [5.74, 6) is 0. The van der Waals surface area contributed by atoms with E-state index in [-0.39, 0.29) is 6.03 Å². The molecule has 5 heteroatoms. The van der Waals surface area contributed by atoms with Gasteiger partial charge in [0.2, 0.25) is 0 Å². The molecule has 2 amide bonds. The maximum atomic E-state index is 12.1. The van der Waals surface area contributed by atoms with Gasteiger partial charge in [-0.1, -0.05) is 41.4 Å². The number of anilines is 2. The van der Waals surface area contributed by atoms with E-state index in [1.807, 2.05) is 30.3 Å². The first-order valence-electron chi connectivity index (χ1n) is 5.62. The molecule has 2 aromatic rings. The monoisotopic (exact) mass is 294 g/mol. The molecule has 0 saturated carbocycles. The molecule has 0 aliphatic heterocycles. The number of urea groups is 1. The second-order valence-corrected chi connectivity index (χ2v) is 4.86. The SMILES string of the molecule is CN(C(=O)Nc1cc(Cl)cc(Cl)c1)c1ccccc1. The van der Waals surface area contributed by atoms with Crippen LogP contribution in [-0.2, 0) is 0 Å². The van der Waals surface area contributed by atoms with Crippen LogP contribution in [0.1, 0.15) is 0 Å². The standard InChI is InChI=1S/C14H12Cl2N2O/c1-18(13-5-3-2-4-6-13)14(19)17-12-8-10(15)7-11(16)9-12/h2-9H,1H3,(H,17,19). The molecule has 0 unspecified atom stereocenters. The summed E-state index contributed by atoms with van der Waals surface area (Å²) in [5.41, 5.74) is 1.36. The molecule has 0 radical (unpaired) electrons. The lowest BCUT2D eigenvalue weighted by atomic mass is 10.3. The molecule has 0 aromatic heterocycles. The fourth-order valence-electron chi connectivity index (χ4n) is 1.60. The number of nitrogens with zero attached hydrogens (tertiary/aromatic N) is 1. The maximum Gasteiger partial charge on any atom is 0.326 e. The topological polar surface area (TPSA) is 32.3 Å². The van der Waals surface area contributed by atoms with Crippen LogP contribution in [0.4, 0.5) is 16.2 Å². The van der Waals surface area contributed by atoms with Crippen molar-refractivity contribution in [3.63, 3.8) is 0 Å². The zero-order chi connectivity index (χ0) is 13.8. The summed E-state index contributed by atoms with van der Waals surface area (Å²) >= 11 is 11.8. The number of amides is 2. The van der Waals surface area contributed by atoms with E-state index < -0.39 is 0 Å². The van der Waals surface area contributed by atoms with E-state index in [1.54, 1.807) is 25.2 Å². The van der Waals surface area contributed by atoms with Crippen LogP contribution in [0, 0.1) is 0 Å². The lowest BCUT2D eigenvalue weighted by Crippen LogP contribution is -2.31. The molecule has 0 spiro atoms. The van der Waals surface area contributed by atoms with Gasteiger partial charge in [0.05, 0.1) is 0 Å². The quantitative estimate of drug-likeness (QED) is 0.858. The number of halogens is 2. The van der Waals surface area contributed by atoms with E-state index >= 15 is 0 Å². The minimum absolute atomic E-state index is 0.260. The molecule has 2 aromatic carbocycles. The second-order valence-electron chi connectivity index (χ2n) is 3.98. The van der Waals surface area contributed by atoms with Gasteiger partial charge >= 0.3 is 6.03 Å². The van der Waals surface area contributed by atoms with Gasteiger partial charge < -0.3 is 5.32 Å². The number of hydrogen-bond donors (Lipinski definition) is 1. The third kappa shape index (κ3) is 3.63. The molecular formula is C14H12Cl2N2O. The Bertz CT molecular complexity index is 567. The van der Waals surface area contributed by atoms with Gasteiger partial charge in [-0.25, -0.2) is 4.79 Å². The van der Waals surface area contributed by atoms with E-state index in [1.165, 1.54) is 4.90 Å². The van der Waals surface area contributed by atoms with Crippen LogP contribution in [0.2, 0.25) is 10.0 Å². The number of benzene rings is 2. The number of para-hydroxylation sites is 1. The first-order valence-corrected chi connectivity index (χ1v) is 6.38. The molecule has 0 fully saturated rings. The van der Waals surface area contributed by atoms with Gasteiger partial charge in [-0.2, -0.15) is 0 Å². The lowest BCUT2D eigenvalue weighted by Gasteiger charge is -2.18. The highest BCUT2D eigenvalue weighted by Crippen LogP contribution is 2.23. The van der Waals surface area contributed by atoms with Gasteiger partial charge in [-0.15, -0.1) is 0 Å². The van der Waals surface area contributed by atoms with E-state index in [0.717, 1.165) is 5.69 Å². The van der Waals surface area contributed by atoms with Gasteiger partial charge in [-0.05, 0) is 30.3 Å². The molecule has 0 aliphatic rings. The second kappa shape index (κ2) is 5.95. The Kier molecular flexibility index (Phi) is 4.30. The summed E-state index contributed by atoms with van der Waals surface area (Å²) in [7, 11) is 1.69. The van der Waals surface area contributed by atoms with Crippen molar-refractivity contribution >= 4 is 40.6 Å². The Hall–Kier alpha value is -1.71. The molecule has 19 heavy (non-hydrogen) atoms. The molecule has 0 saturated heterocycles. The summed E-state index contributed by atoms with van der Waals surface area (Å²) < 4.78 is 0. The Balaban J connectivity index is 2.13. The Morgan fingerprint density at radius 3 is 2.21 bits per heavy atom. The number of carbonyl (C=O) groups excluding carboxylic acids is 1. The predicted molar refractivity (Wildman–Crippen MR) is 80.3 cm³/mol. The van der Waals surface area contributed by atoms with Crippen LogP contribution in [0.5, 0.6) is 0 Å². The highest BCUT2D eigenvalue weighted by atomic mass is 35.5. The highest BCUT2D eigenvalue weighted by molar-refractivity contribution is 6.35. The summed E-state index contributed by atoms with van der Waals surface area (Å²) in [5, 5.41) is 3.69. The van der Waals surface area contributed by atoms with Crippen molar-refractivity contribution in [3.05, 3.63) is 58.6 Å². The average molecular weight is 295 g/mol. The molecule has 0 bridgehead atoms.